The van der Waals surface area contributed by atoms with Crippen LogP contribution in [0.25, 0.3) is 11.0 Å². The summed E-state index contributed by atoms with van der Waals surface area (Å²) in [5, 5.41) is 5.92. The third-order valence-electron chi connectivity index (χ3n) is 5.90. The van der Waals surface area contributed by atoms with E-state index in [0.717, 1.165) is 0 Å². The molecule has 2 aromatic heterocycles. The Kier molecular flexibility index (Phi) is 7.19. The minimum atomic E-state index is -4.13. The summed E-state index contributed by atoms with van der Waals surface area (Å²) in [5.41, 5.74) is 1.70. The highest BCUT2D eigenvalue weighted by atomic mass is 32.2. The predicted molar refractivity (Wildman–Crippen MR) is 146 cm³/mol. The lowest BCUT2D eigenvalue weighted by atomic mass is 10.1. The minimum Gasteiger partial charge on any atom is -0.501 e. The summed E-state index contributed by atoms with van der Waals surface area (Å²) in [7, 11) is -1.00. The zero-order valence-corrected chi connectivity index (χ0v) is 21.9. The molecule has 3 N–H and O–H groups in total. The number of amides is 1. The molecule has 12 heteroatoms. The van der Waals surface area contributed by atoms with Crippen molar-refractivity contribution in [1.29, 1.82) is 0 Å². The molecule has 5 rings (SSSR count). The Morgan fingerprint density at radius 1 is 1.00 bits per heavy atom. The SMILES string of the molecule is COC1=CC(Nc2nc3ccccc3nc2NS(=O)(=O)c2cccc(NC(=O)c3ccoc3)c2)CC(OC)=C1. The molecule has 0 saturated carbocycles. The number of hydrogen-bond donors (Lipinski definition) is 3. The molecule has 39 heavy (non-hydrogen) atoms. The lowest BCUT2D eigenvalue weighted by Crippen LogP contribution is -2.24. The third kappa shape index (κ3) is 5.85. The van der Waals surface area contributed by atoms with Gasteiger partial charge >= 0.3 is 0 Å². The maximum atomic E-state index is 13.5. The fourth-order valence-corrected chi connectivity index (χ4v) is 5.03. The summed E-state index contributed by atoms with van der Waals surface area (Å²) in [6, 6.07) is 14.2. The average Bonchev–Trinajstić information content (AvgIpc) is 3.48. The lowest BCUT2D eigenvalue weighted by molar-refractivity contribution is 0.102. The maximum Gasteiger partial charge on any atom is 0.263 e. The van der Waals surface area contributed by atoms with Gasteiger partial charge in [0, 0.05) is 18.2 Å². The number of anilines is 3. The maximum absolute atomic E-state index is 13.5. The van der Waals surface area contributed by atoms with Crippen LogP contribution in [0, 0.1) is 0 Å². The highest BCUT2D eigenvalue weighted by Crippen LogP contribution is 2.28. The zero-order chi connectivity index (χ0) is 27.4. The molecule has 0 saturated heterocycles. The number of para-hydroxylation sites is 2. The molecule has 0 radical (unpaired) electrons. The number of benzene rings is 2. The van der Waals surface area contributed by atoms with Crippen molar-refractivity contribution < 1.29 is 27.1 Å². The van der Waals surface area contributed by atoms with Gasteiger partial charge in [0.2, 0.25) is 0 Å². The monoisotopic (exact) mass is 547 g/mol. The number of fused-ring (bicyclic) bond motifs is 1. The normalized spacial score (nSPS) is 15.2. The fourth-order valence-electron chi connectivity index (χ4n) is 3.97. The van der Waals surface area contributed by atoms with E-state index in [4.69, 9.17) is 13.9 Å². The number of allylic oxidation sites excluding steroid dienone is 1. The largest absolute Gasteiger partial charge is 0.501 e. The van der Waals surface area contributed by atoms with Gasteiger partial charge in [-0.3, -0.25) is 9.52 Å². The Bertz CT molecular complexity index is 1680. The first-order valence-corrected chi connectivity index (χ1v) is 13.3. The van der Waals surface area contributed by atoms with Gasteiger partial charge in [-0.1, -0.05) is 18.2 Å². The molecule has 0 fully saturated rings. The molecule has 1 aliphatic rings. The Hall–Kier alpha value is -4.84. The molecule has 0 bridgehead atoms. The van der Waals surface area contributed by atoms with Gasteiger partial charge < -0.3 is 24.5 Å². The second-order valence-corrected chi connectivity index (χ2v) is 10.2. The molecule has 2 aromatic carbocycles. The number of methoxy groups -OCH3 is 2. The zero-order valence-electron chi connectivity index (χ0n) is 21.0. The van der Waals surface area contributed by atoms with E-state index in [1.165, 1.54) is 36.8 Å². The number of nitrogens with zero attached hydrogens (tertiary/aromatic N) is 2. The van der Waals surface area contributed by atoms with Crippen LogP contribution in [0.4, 0.5) is 17.3 Å². The van der Waals surface area contributed by atoms with Gasteiger partial charge in [0.1, 0.15) is 17.8 Å². The van der Waals surface area contributed by atoms with Gasteiger partial charge in [0.25, 0.3) is 15.9 Å². The number of aromatic nitrogens is 2. The van der Waals surface area contributed by atoms with Crippen molar-refractivity contribution >= 4 is 44.3 Å². The number of rotatable bonds is 9. The van der Waals surface area contributed by atoms with Crippen LogP contribution >= 0.6 is 0 Å². The second kappa shape index (κ2) is 10.9. The van der Waals surface area contributed by atoms with E-state index in [1.807, 2.05) is 12.1 Å². The number of hydrogen-bond acceptors (Lipinski definition) is 9. The van der Waals surface area contributed by atoms with Crippen LogP contribution < -0.4 is 15.4 Å². The predicted octanol–water partition coefficient (Wildman–Crippen LogP) is 4.52. The highest BCUT2D eigenvalue weighted by Gasteiger charge is 2.23. The van der Waals surface area contributed by atoms with Crippen LogP contribution in [0.5, 0.6) is 0 Å². The molecule has 4 aromatic rings. The molecule has 0 aliphatic heterocycles. The highest BCUT2D eigenvalue weighted by molar-refractivity contribution is 7.92. The first kappa shape index (κ1) is 25.8. The van der Waals surface area contributed by atoms with Crippen molar-refractivity contribution in [2.24, 2.45) is 0 Å². The molecule has 1 aliphatic carbocycles. The molecule has 11 nitrogen and oxygen atoms in total. The summed E-state index contributed by atoms with van der Waals surface area (Å²) in [6.45, 7) is 0. The minimum absolute atomic E-state index is 0.0161. The summed E-state index contributed by atoms with van der Waals surface area (Å²) < 4.78 is 45.2. The number of nitrogens with one attached hydrogen (secondary N) is 3. The average molecular weight is 548 g/mol. The Labute approximate surface area is 224 Å². The number of ether oxygens (including phenoxy) is 2. The quantitative estimate of drug-likeness (QED) is 0.275. The van der Waals surface area contributed by atoms with Gasteiger partial charge in [-0.25, -0.2) is 18.4 Å². The lowest BCUT2D eigenvalue weighted by Gasteiger charge is -2.23. The van der Waals surface area contributed by atoms with Crippen LogP contribution in [0.1, 0.15) is 16.8 Å². The topological polar surface area (TPSA) is 145 Å². The first-order valence-electron chi connectivity index (χ1n) is 11.8. The van der Waals surface area contributed by atoms with E-state index in [1.54, 1.807) is 44.6 Å². The van der Waals surface area contributed by atoms with Crippen molar-refractivity contribution in [2.75, 3.05) is 29.6 Å². The van der Waals surface area contributed by atoms with Crippen molar-refractivity contribution in [1.82, 2.24) is 9.97 Å². The van der Waals surface area contributed by atoms with Gasteiger partial charge in [-0.15, -0.1) is 0 Å². The Morgan fingerprint density at radius 2 is 1.77 bits per heavy atom. The molecule has 1 unspecified atom stereocenters. The van der Waals surface area contributed by atoms with Crippen molar-refractivity contribution in [3.63, 3.8) is 0 Å². The standard InChI is InChI=1S/C27H25N5O6S/c1-36-20-12-19(13-21(15-20)37-2)28-25-26(31-24-9-4-3-8-23(24)30-25)32-39(34,35)22-7-5-6-18(14-22)29-27(33)17-10-11-38-16-17/h3-12,14-16,19H,13H2,1-2H3,(H,28,30)(H,29,33)(H,31,32). The number of carbonyl (C=O) groups is 1. The van der Waals surface area contributed by atoms with Gasteiger partial charge in [-0.05, 0) is 42.5 Å². The van der Waals surface area contributed by atoms with E-state index >= 15 is 0 Å². The smallest absolute Gasteiger partial charge is 0.263 e. The fraction of sp³-hybridized carbons (Fsp3) is 0.148. The van der Waals surface area contributed by atoms with E-state index < -0.39 is 15.9 Å². The van der Waals surface area contributed by atoms with Crippen molar-refractivity contribution in [2.45, 2.75) is 17.4 Å². The van der Waals surface area contributed by atoms with Crippen LogP contribution in [0.2, 0.25) is 0 Å². The number of carbonyl (C=O) groups excluding carboxylic acids is 1. The van der Waals surface area contributed by atoms with E-state index in [2.05, 4.69) is 25.3 Å². The molecular weight excluding hydrogens is 522 g/mol. The van der Waals surface area contributed by atoms with Gasteiger partial charge in [-0.2, -0.15) is 0 Å². The first-order chi connectivity index (χ1) is 18.8. The van der Waals surface area contributed by atoms with Crippen molar-refractivity contribution in [3.8, 4) is 0 Å². The summed E-state index contributed by atoms with van der Waals surface area (Å²) >= 11 is 0. The summed E-state index contributed by atoms with van der Waals surface area (Å²) in [5.74, 6) is 1.11. The Balaban J connectivity index is 1.45. The van der Waals surface area contributed by atoms with E-state index in [9.17, 15) is 13.2 Å². The Morgan fingerprint density at radius 3 is 2.46 bits per heavy atom. The van der Waals surface area contributed by atoms with Crippen LogP contribution in [-0.4, -0.2) is 44.6 Å². The third-order valence-corrected chi connectivity index (χ3v) is 7.23. The summed E-state index contributed by atoms with van der Waals surface area (Å²) in [6.07, 6.45) is 6.80. The van der Waals surface area contributed by atoms with Crippen LogP contribution in [0.3, 0.4) is 0 Å². The number of furan rings is 1. The van der Waals surface area contributed by atoms with Crippen molar-refractivity contribution in [3.05, 3.63) is 96.4 Å². The number of sulfonamides is 1. The molecule has 1 amide bonds. The van der Waals surface area contributed by atoms with E-state index in [0.29, 0.717) is 40.2 Å². The van der Waals surface area contributed by atoms with E-state index in [-0.39, 0.29) is 22.6 Å². The van der Waals surface area contributed by atoms with Crippen LogP contribution in [-0.2, 0) is 19.5 Å². The van der Waals surface area contributed by atoms with Gasteiger partial charge in [0.15, 0.2) is 11.6 Å². The molecule has 0 spiro atoms. The molecular formula is C27H25N5O6S. The molecule has 200 valence electrons. The molecule has 2 heterocycles. The summed E-state index contributed by atoms with van der Waals surface area (Å²) in [4.78, 5) is 21.5. The van der Waals surface area contributed by atoms with Crippen LogP contribution in [0.15, 0.2) is 100 Å². The van der Waals surface area contributed by atoms with Gasteiger partial charge in [0.05, 0.1) is 48.0 Å². The molecule has 1 atom stereocenters. The second-order valence-electron chi connectivity index (χ2n) is 8.55.